The molecular weight excluding hydrogens is 424 g/mol. The predicted molar refractivity (Wildman–Crippen MR) is 109 cm³/mol. The lowest BCUT2D eigenvalue weighted by molar-refractivity contribution is -0.605. The van der Waals surface area contributed by atoms with Gasteiger partial charge in [0.15, 0.2) is 18.0 Å². The molecule has 0 saturated carbocycles. The SMILES string of the molecule is CC(C)[C@H](CO)Nc1cc(C2NC2Cc2ccc[n+]([O-])c2)n2ncc(Br)c2n1. The van der Waals surface area contributed by atoms with Crippen molar-refractivity contribution in [2.75, 3.05) is 11.9 Å². The van der Waals surface area contributed by atoms with E-state index in [1.807, 2.05) is 16.6 Å². The summed E-state index contributed by atoms with van der Waals surface area (Å²) in [6, 6.07) is 5.96. The first kappa shape index (κ1) is 19.1. The van der Waals surface area contributed by atoms with Crippen molar-refractivity contribution in [2.45, 2.75) is 38.4 Å². The van der Waals surface area contributed by atoms with Crippen LogP contribution in [0.3, 0.4) is 0 Å². The van der Waals surface area contributed by atoms with Crippen LogP contribution in [0, 0.1) is 11.1 Å². The van der Waals surface area contributed by atoms with Crippen molar-refractivity contribution in [2.24, 2.45) is 5.92 Å². The van der Waals surface area contributed by atoms with E-state index in [9.17, 15) is 10.3 Å². The van der Waals surface area contributed by atoms with Crippen LogP contribution in [0.1, 0.15) is 31.1 Å². The molecule has 0 spiro atoms. The zero-order valence-electron chi connectivity index (χ0n) is 15.7. The zero-order chi connectivity index (χ0) is 19.8. The number of aromatic nitrogens is 4. The number of aliphatic hydroxyl groups excluding tert-OH is 1. The van der Waals surface area contributed by atoms with E-state index in [-0.39, 0.29) is 30.7 Å². The Labute approximate surface area is 171 Å². The summed E-state index contributed by atoms with van der Waals surface area (Å²) in [5.41, 5.74) is 2.71. The van der Waals surface area contributed by atoms with Crippen molar-refractivity contribution in [3.8, 4) is 0 Å². The monoisotopic (exact) mass is 446 g/mol. The molecule has 1 saturated heterocycles. The van der Waals surface area contributed by atoms with Crippen LogP contribution in [0.15, 0.2) is 41.3 Å². The molecule has 1 aliphatic heterocycles. The third-order valence-corrected chi connectivity index (χ3v) is 5.65. The van der Waals surface area contributed by atoms with Gasteiger partial charge in [0.1, 0.15) is 5.82 Å². The highest BCUT2D eigenvalue weighted by Gasteiger charge is 2.40. The quantitative estimate of drug-likeness (QED) is 0.290. The smallest absolute Gasteiger partial charge is 0.183 e. The van der Waals surface area contributed by atoms with E-state index in [0.29, 0.717) is 5.82 Å². The standard InChI is InChI=1S/C19H23BrN6O2/c1-11(2)15(10-27)22-17-7-16(26-19(24-17)13(20)8-21-26)18-14(23-18)6-12-4-3-5-25(28)9-12/h3-5,7-9,11,14-15,18,23,27H,6,10H2,1-2H3,(H,22,24)/t14?,15-,18?/m0/s1. The maximum Gasteiger partial charge on any atom is 0.183 e. The van der Waals surface area contributed by atoms with Gasteiger partial charge in [-0.3, -0.25) is 0 Å². The first-order valence-corrected chi connectivity index (χ1v) is 10.1. The van der Waals surface area contributed by atoms with E-state index >= 15 is 0 Å². The Bertz CT molecular complexity index is 992. The van der Waals surface area contributed by atoms with Crippen molar-refractivity contribution in [3.63, 3.8) is 0 Å². The molecule has 0 amide bonds. The second kappa shape index (κ2) is 7.65. The van der Waals surface area contributed by atoms with Crippen LogP contribution in [0.25, 0.3) is 5.65 Å². The molecule has 148 valence electrons. The molecule has 3 aromatic heterocycles. The lowest BCUT2D eigenvalue weighted by Crippen LogP contribution is -2.30. The maximum atomic E-state index is 11.5. The maximum absolute atomic E-state index is 11.5. The average Bonchev–Trinajstić information content (AvgIpc) is 3.32. The fourth-order valence-electron chi connectivity index (χ4n) is 3.39. The van der Waals surface area contributed by atoms with Crippen molar-refractivity contribution < 1.29 is 9.84 Å². The first-order valence-electron chi connectivity index (χ1n) is 9.31. The Hall–Kier alpha value is -2.23. The summed E-state index contributed by atoms with van der Waals surface area (Å²) in [5, 5.41) is 32.4. The van der Waals surface area contributed by atoms with E-state index < -0.39 is 0 Å². The predicted octanol–water partition coefficient (Wildman–Crippen LogP) is 1.81. The summed E-state index contributed by atoms with van der Waals surface area (Å²) in [7, 11) is 0. The highest BCUT2D eigenvalue weighted by molar-refractivity contribution is 9.10. The summed E-state index contributed by atoms with van der Waals surface area (Å²) in [4.78, 5) is 4.66. The summed E-state index contributed by atoms with van der Waals surface area (Å²) in [5.74, 6) is 0.976. The van der Waals surface area contributed by atoms with E-state index in [4.69, 9.17) is 0 Å². The van der Waals surface area contributed by atoms with Gasteiger partial charge in [0.2, 0.25) is 0 Å². The lowest BCUT2D eigenvalue weighted by Gasteiger charge is -2.21. The summed E-state index contributed by atoms with van der Waals surface area (Å²) in [6.07, 6.45) is 5.58. The molecule has 1 aliphatic rings. The fraction of sp³-hybridized carbons (Fsp3) is 0.421. The van der Waals surface area contributed by atoms with E-state index in [0.717, 1.165) is 32.5 Å². The van der Waals surface area contributed by atoms with Crippen LogP contribution in [0.4, 0.5) is 5.82 Å². The minimum atomic E-state index is -0.0794. The highest BCUT2D eigenvalue weighted by Crippen LogP contribution is 2.34. The van der Waals surface area contributed by atoms with Crippen molar-refractivity contribution in [1.82, 2.24) is 19.9 Å². The van der Waals surface area contributed by atoms with Crippen LogP contribution in [-0.4, -0.2) is 38.4 Å². The number of nitrogens with one attached hydrogen (secondary N) is 2. The molecule has 1 fully saturated rings. The van der Waals surface area contributed by atoms with Crippen LogP contribution in [-0.2, 0) is 6.42 Å². The van der Waals surface area contributed by atoms with Gasteiger partial charge < -0.3 is 20.9 Å². The minimum absolute atomic E-state index is 0.0355. The number of halogens is 1. The van der Waals surface area contributed by atoms with Crippen LogP contribution in [0.2, 0.25) is 0 Å². The number of hydrogen-bond acceptors (Lipinski definition) is 6. The molecule has 8 nitrogen and oxygen atoms in total. The van der Waals surface area contributed by atoms with Gasteiger partial charge in [-0.25, -0.2) is 9.50 Å². The Morgan fingerprint density at radius 2 is 2.29 bits per heavy atom. The third kappa shape index (κ3) is 3.82. The number of hydrogen-bond donors (Lipinski definition) is 3. The van der Waals surface area contributed by atoms with Gasteiger partial charge >= 0.3 is 0 Å². The molecule has 3 N–H and O–H groups in total. The van der Waals surface area contributed by atoms with Gasteiger partial charge in [-0.2, -0.15) is 9.83 Å². The van der Waals surface area contributed by atoms with Crippen molar-refractivity contribution in [1.29, 1.82) is 0 Å². The van der Waals surface area contributed by atoms with Gasteiger partial charge in [0, 0.05) is 23.7 Å². The van der Waals surface area contributed by atoms with Crippen LogP contribution >= 0.6 is 15.9 Å². The van der Waals surface area contributed by atoms with Gasteiger partial charge in [0.05, 0.1) is 35.1 Å². The Balaban J connectivity index is 1.61. The summed E-state index contributed by atoms with van der Waals surface area (Å²) < 4.78 is 3.47. The molecular formula is C19H23BrN6O2. The second-order valence-electron chi connectivity index (χ2n) is 7.50. The number of rotatable bonds is 7. The van der Waals surface area contributed by atoms with Crippen LogP contribution in [0.5, 0.6) is 0 Å². The fourth-order valence-corrected chi connectivity index (χ4v) is 3.74. The molecule has 0 radical (unpaired) electrons. The van der Waals surface area contributed by atoms with Crippen molar-refractivity contribution >= 4 is 27.4 Å². The molecule has 3 atom stereocenters. The Morgan fingerprint density at radius 3 is 3.00 bits per heavy atom. The van der Waals surface area contributed by atoms with Crippen LogP contribution < -0.4 is 15.4 Å². The highest BCUT2D eigenvalue weighted by atomic mass is 79.9. The number of aliphatic hydroxyl groups is 1. The topological polar surface area (TPSA) is 111 Å². The van der Waals surface area contributed by atoms with Gasteiger partial charge in [-0.15, -0.1) is 0 Å². The van der Waals surface area contributed by atoms with E-state index in [1.165, 1.54) is 6.20 Å². The molecule has 2 unspecified atom stereocenters. The number of nitrogens with zero attached hydrogens (tertiary/aromatic N) is 4. The largest absolute Gasteiger partial charge is 0.619 e. The van der Waals surface area contributed by atoms with E-state index in [1.54, 1.807) is 18.5 Å². The number of pyridine rings is 1. The molecule has 0 aromatic carbocycles. The van der Waals surface area contributed by atoms with Gasteiger partial charge in [-0.05, 0) is 34.3 Å². The normalized spacial score (nSPS) is 19.9. The second-order valence-corrected chi connectivity index (χ2v) is 8.35. The first-order chi connectivity index (χ1) is 13.5. The third-order valence-electron chi connectivity index (χ3n) is 5.09. The molecule has 3 aromatic rings. The molecule has 4 rings (SSSR count). The molecule has 0 aliphatic carbocycles. The van der Waals surface area contributed by atoms with Crippen molar-refractivity contribution in [3.05, 3.63) is 57.7 Å². The molecule has 0 bridgehead atoms. The average molecular weight is 447 g/mol. The Kier molecular flexibility index (Phi) is 5.22. The summed E-state index contributed by atoms with van der Waals surface area (Å²) in [6.45, 7) is 4.15. The molecule has 9 heteroatoms. The lowest BCUT2D eigenvalue weighted by atomic mass is 10.1. The summed E-state index contributed by atoms with van der Waals surface area (Å²) >= 11 is 3.51. The van der Waals surface area contributed by atoms with Gasteiger partial charge in [-0.1, -0.05) is 13.8 Å². The van der Waals surface area contributed by atoms with Gasteiger partial charge in [0.25, 0.3) is 0 Å². The molecule has 28 heavy (non-hydrogen) atoms. The van der Waals surface area contributed by atoms with E-state index in [2.05, 4.69) is 50.5 Å². The molecule has 4 heterocycles. The zero-order valence-corrected chi connectivity index (χ0v) is 17.3. The number of anilines is 1. The number of fused-ring (bicyclic) bond motifs is 1. The Morgan fingerprint density at radius 1 is 1.46 bits per heavy atom. The minimum Gasteiger partial charge on any atom is -0.619 e.